The van der Waals surface area contributed by atoms with Gasteiger partial charge in [0.05, 0.1) is 25.0 Å². The summed E-state index contributed by atoms with van der Waals surface area (Å²) in [5.41, 5.74) is 3.48. The SMILES string of the molecule is COc1cc(OC)c2c(C)[n+](-c3cccc4cc5ccccc5cc34)c(C)cc2c1.O=C([O-])C(F)(F)F. The fraction of sp³-hybridized carbons (Fsp3) is 0.172. The molecule has 5 rings (SSSR count). The number of aliphatic carboxylic acids is 1. The fourth-order valence-corrected chi connectivity index (χ4v) is 4.57. The van der Waals surface area contributed by atoms with Crippen molar-refractivity contribution in [2.24, 2.45) is 0 Å². The Kier molecular flexibility index (Phi) is 6.94. The van der Waals surface area contributed by atoms with Crippen LogP contribution < -0.4 is 19.1 Å². The first-order valence-electron chi connectivity index (χ1n) is 11.3. The summed E-state index contributed by atoms with van der Waals surface area (Å²) in [5.74, 6) is -1.39. The van der Waals surface area contributed by atoms with Crippen molar-refractivity contribution in [1.82, 2.24) is 0 Å². The Labute approximate surface area is 211 Å². The van der Waals surface area contributed by atoms with E-state index in [1.165, 1.54) is 27.2 Å². The smallest absolute Gasteiger partial charge is 0.430 e. The van der Waals surface area contributed by atoms with Gasteiger partial charge in [-0.15, -0.1) is 0 Å². The number of fused-ring (bicyclic) bond motifs is 3. The molecule has 0 fully saturated rings. The maximum absolute atomic E-state index is 10.5. The quantitative estimate of drug-likeness (QED) is 0.244. The number of rotatable bonds is 3. The van der Waals surface area contributed by atoms with E-state index in [2.05, 4.69) is 85.1 Å². The summed E-state index contributed by atoms with van der Waals surface area (Å²) in [6.07, 6.45) is -5.19. The van der Waals surface area contributed by atoms with Crippen molar-refractivity contribution < 1.29 is 37.1 Å². The highest BCUT2D eigenvalue weighted by atomic mass is 19.4. The third-order valence-corrected chi connectivity index (χ3v) is 6.17. The zero-order chi connectivity index (χ0) is 26.9. The first-order valence-corrected chi connectivity index (χ1v) is 11.3. The first-order chi connectivity index (χ1) is 17.5. The number of benzene rings is 4. The van der Waals surface area contributed by atoms with Crippen molar-refractivity contribution in [3.05, 3.63) is 84.2 Å². The predicted molar refractivity (Wildman–Crippen MR) is 134 cm³/mol. The van der Waals surface area contributed by atoms with E-state index in [-0.39, 0.29) is 0 Å². The third-order valence-electron chi connectivity index (χ3n) is 6.17. The molecule has 5 nitrogen and oxygen atoms in total. The fourth-order valence-electron chi connectivity index (χ4n) is 4.57. The molecule has 0 saturated carbocycles. The van der Waals surface area contributed by atoms with E-state index in [4.69, 9.17) is 19.4 Å². The highest BCUT2D eigenvalue weighted by molar-refractivity contribution is 6.01. The number of alkyl halides is 3. The molecule has 0 spiro atoms. The number of carbonyl (C=O) groups is 1. The number of carboxylic acids is 1. The zero-order valence-electron chi connectivity index (χ0n) is 20.6. The Balaban J connectivity index is 0.000000405. The Morgan fingerprint density at radius 1 is 0.811 bits per heavy atom. The van der Waals surface area contributed by atoms with Crippen LogP contribution in [-0.2, 0) is 4.79 Å². The van der Waals surface area contributed by atoms with Crippen LogP contribution in [0.5, 0.6) is 11.5 Å². The minimum atomic E-state index is -5.19. The summed E-state index contributed by atoms with van der Waals surface area (Å²) >= 11 is 0. The Hall–Kier alpha value is -4.33. The number of aromatic nitrogens is 1. The molecule has 0 unspecified atom stereocenters. The molecular formula is C29H24F3NO4. The van der Waals surface area contributed by atoms with Gasteiger partial charge in [0.1, 0.15) is 17.5 Å². The van der Waals surface area contributed by atoms with Crippen LogP contribution in [0.4, 0.5) is 13.2 Å². The molecule has 0 aliphatic rings. The number of hydrogen-bond donors (Lipinski definition) is 0. The minimum absolute atomic E-state index is 0.799. The van der Waals surface area contributed by atoms with Crippen LogP contribution in [0.2, 0.25) is 0 Å². The lowest BCUT2D eigenvalue weighted by molar-refractivity contribution is -0.606. The van der Waals surface area contributed by atoms with Crippen molar-refractivity contribution in [3.63, 3.8) is 0 Å². The van der Waals surface area contributed by atoms with Crippen LogP contribution >= 0.6 is 0 Å². The van der Waals surface area contributed by atoms with Crippen molar-refractivity contribution in [1.29, 1.82) is 0 Å². The molecule has 0 bridgehead atoms. The number of halogens is 3. The molecule has 37 heavy (non-hydrogen) atoms. The van der Waals surface area contributed by atoms with Crippen LogP contribution in [0.1, 0.15) is 11.4 Å². The van der Waals surface area contributed by atoms with Crippen LogP contribution in [0.15, 0.2) is 72.8 Å². The van der Waals surface area contributed by atoms with Crippen LogP contribution in [0.3, 0.4) is 0 Å². The lowest BCUT2D eigenvalue weighted by Crippen LogP contribution is -2.38. The van der Waals surface area contributed by atoms with Gasteiger partial charge < -0.3 is 19.4 Å². The van der Waals surface area contributed by atoms with E-state index in [1.807, 2.05) is 6.07 Å². The molecule has 1 heterocycles. The number of ether oxygens (including phenoxy) is 2. The predicted octanol–water partition coefficient (Wildman–Crippen LogP) is 5.36. The summed E-state index contributed by atoms with van der Waals surface area (Å²) in [6, 6.07) is 25.8. The van der Waals surface area contributed by atoms with E-state index in [0.717, 1.165) is 33.7 Å². The maximum atomic E-state index is 10.5. The number of hydrogen-bond acceptors (Lipinski definition) is 4. The number of carbonyl (C=O) groups excluding carboxylic acids is 1. The van der Waals surface area contributed by atoms with Crippen molar-refractivity contribution in [3.8, 4) is 17.2 Å². The second-order valence-corrected chi connectivity index (χ2v) is 8.48. The number of methoxy groups -OCH3 is 2. The normalized spacial score (nSPS) is 11.3. The van der Waals surface area contributed by atoms with Gasteiger partial charge in [0.15, 0.2) is 11.4 Å². The van der Waals surface area contributed by atoms with Gasteiger partial charge in [-0.3, -0.25) is 0 Å². The molecule has 0 aliphatic carbocycles. The van der Waals surface area contributed by atoms with Crippen molar-refractivity contribution in [2.45, 2.75) is 20.0 Å². The second-order valence-electron chi connectivity index (χ2n) is 8.48. The largest absolute Gasteiger partial charge is 0.542 e. The second kappa shape index (κ2) is 9.97. The number of pyridine rings is 1. The van der Waals surface area contributed by atoms with Crippen molar-refractivity contribution in [2.75, 3.05) is 14.2 Å². The van der Waals surface area contributed by atoms with Gasteiger partial charge in [0.2, 0.25) is 5.69 Å². The molecule has 0 N–H and O–H groups in total. The first kappa shape index (κ1) is 25.8. The van der Waals surface area contributed by atoms with E-state index < -0.39 is 12.1 Å². The average molecular weight is 508 g/mol. The highest BCUT2D eigenvalue weighted by Gasteiger charge is 2.29. The molecule has 0 radical (unpaired) electrons. The summed E-state index contributed by atoms with van der Waals surface area (Å²) in [5, 5.41) is 16.0. The van der Waals surface area contributed by atoms with Crippen LogP contribution in [0.25, 0.3) is 38.0 Å². The Morgan fingerprint density at radius 3 is 2.03 bits per heavy atom. The van der Waals surface area contributed by atoms with Gasteiger partial charge in [-0.05, 0) is 34.4 Å². The van der Waals surface area contributed by atoms with E-state index >= 15 is 0 Å². The van der Waals surface area contributed by atoms with Gasteiger partial charge in [-0.2, -0.15) is 17.7 Å². The molecule has 1 aromatic heterocycles. The Morgan fingerprint density at radius 2 is 1.43 bits per heavy atom. The lowest BCUT2D eigenvalue weighted by atomic mass is 10.0. The zero-order valence-corrected chi connectivity index (χ0v) is 20.6. The van der Waals surface area contributed by atoms with E-state index in [1.54, 1.807) is 14.2 Å². The molecule has 5 aromatic rings. The van der Waals surface area contributed by atoms with Crippen LogP contribution in [-0.4, -0.2) is 26.4 Å². The highest BCUT2D eigenvalue weighted by Crippen LogP contribution is 2.34. The lowest BCUT2D eigenvalue weighted by Gasteiger charge is -2.13. The van der Waals surface area contributed by atoms with Gasteiger partial charge in [-0.1, -0.05) is 36.4 Å². The van der Waals surface area contributed by atoms with E-state index in [0.29, 0.717) is 0 Å². The molecule has 190 valence electrons. The number of aryl methyl sites for hydroxylation is 2. The molecule has 0 amide bonds. The van der Waals surface area contributed by atoms with Gasteiger partial charge in [0, 0.05) is 37.4 Å². The molecule has 0 atom stereocenters. The monoisotopic (exact) mass is 507 g/mol. The molecule has 0 aliphatic heterocycles. The Bertz CT molecular complexity index is 1640. The number of nitrogens with zero attached hydrogens (tertiary/aromatic N) is 1. The van der Waals surface area contributed by atoms with E-state index in [9.17, 15) is 13.2 Å². The molecule has 4 aromatic carbocycles. The summed E-state index contributed by atoms with van der Waals surface area (Å²) < 4.78 is 45.1. The minimum Gasteiger partial charge on any atom is -0.542 e. The summed E-state index contributed by atoms with van der Waals surface area (Å²) in [6.45, 7) is 4.31. The summed E-state index contributed by atoms with van der Waals surface area (Å²) in [7, 11) is 3.39. The van der Waals surface area contributed by atoms with Gasteiger partial charge >= 0.3 is 6.18 Å². The standard InChI is InChI=1S/C27H24NO2.C2HF3O2/c1-17-12-22-14-23(29-3)16-26(30-4)27(22)18(2)28(17)25-11-7-10-21-13-19-8-5-6-9-20(19)15-24(21)25;3-2(4,5)1(6)7/h5-16H,1-4H3;(H,6,7)/q+1;/p-1. The average Bonchev–Trinajstić information content (AvgIpc) is 2.86. The molecular weight excluding hydrogens is 483 g/mol. The maximum Gasteiger partial charge on any atom is 0.430 e. The topological polar surface area (TPSA) is 62.5 Å². The summed E-state index contributed by atoms with van der Waals surface area (Å²) in [4.78, 5) is 8.78. The number of carboxylic acid groups (broad SMARTS) is 1. The van der Waals surface area contributed by atoms with Gasteiger partial charge in [-0.25, -0.2) is 0 Å². The third kappa shape index (κ3) is 5.00. The van der Waals surface area contributed by atoms with Crippen molar-refractivity contribution >= 4 is 38.3 Å². The van der Waals surface area contributed by atoms with Crippen LogP contribution in [0, 0.1) is 13.8 Å². The molecule has 8 heteroatoms. The van der Waals surface area contributed by atoms with Gasteiger partial charge in [0.25, 0.3) is 0 Å². The molecule has 0 saturated heterocycles.